The second-order valence-electron chi connectivity index (χ2n) is 5.67. The third-order valence-electron chi connectivity index (χ3n) is 3.35. The molecule has 0 bridgehead atoms. The van der Waals surface area contributed by atoms with Crippen molar-refractivity contribution in [3.63, 3.8) is 0 Å². The largest absolute Gasteiger partial charge is 0.314 e. The van der Waals surface area contributed by atoms with Gasteiger partial charge >= 0.3 is 0 Å². The first kappa shape index (κ1) is 17.2. The molecule has 0 radical (unpaired) electrons. The molecule has 0 amide bonds. The van der Waals surface area contributed by atoms with Gasteiger partial charge in [-0.15, -0.1) is 11.3 Å². The minimum absolute atomic E-state index is 0.532. The molecule has 1 heterocycles. The summed E-state index contributed by atoms with van der Waals surface area (Å²) in [5.74, 6) is 0.618. The molecule has 1 unspecified atom stereocenters. The van der Waals surface area contributed by atoms with Crippen molar-refractivity contribution in [2.24, 2.45) is 5.92 Å². The zero-order valence-electron chi connectivity index (χ0n) is 12.4. The monoisotopic (exact) mass is 429 g/mol. The summed E-state index contributed by atoms with van der Waals surface area (Å²) in [6.07, 6.45) is 2.23. The number of hydrogen-bond acceptors (Lipinski definition) is 2. The molecule has 0 aliphatic rings. The van der Waals surface area contributed by atoms with Gasteiger partial charge in [0.15, 0.2) is 0 Å². The quantitative estimate of drug-likeness (QED) is 0.596. The van der Waals surface area contributed by atoms with E-state index in [1.807, 2.05) is 11.3 Å². The lowest BCUT2D eigenvalue weighted by Crippen LogP contribution is -2.30. The fourth-order valence-corrected chi connectivity index (χ4v) is 4.41. The standard InChI is InChI=1S/C17H21Br2NS/c1-12(2)20-11-14(10-16-6-7-17(19)21-16)8-13-4-3-5-15(18)9-13/h3-7,9,12,14,20H,8,10-11H2,1-2H3. The van der Waals surface area contributed by atoms with E-state index in [0.29, 0.717) is 12.0 Å². The van der Waals surface area contributed by atoms with Crippen molar-refractivity contribution in [1.29, 1.82) is 0 Å². The third kappa shape index (κ3) is 6.23. The van der Waals surface area contributed by atoms with Gasteiger partial charge in [-0.3, -0.25) is 0 Å². The number of nitrogens with one attached hydrogen (secondary N) is 1. The van der Waals surface area contributed by atoms with Crippen molar-refractivity contribution < 1.29 is 0 Å². The molecule has 1 N–H and O–H groups in total. The van der Waals surface area contributed by atoms with E-state index in [9.17, 15) is 0 Å². The van der Waals surface area contributed by atoms with Crippen LogP contribution in [-0.2, 0) is 12.8 Å². The molecule has 0 spiro atoms. The van der Waals surface area contributed by atoms with Crippen LogP contribution in [0, 0.1) is 5.92 Å². The second kappa shape index (κ2) is 8.47. The van der Waals surface area contributed by atoms with Crippen LogP contribution in [0.3, 0.4) is 0 Å². The topological polar surface area (TPSA) is 12.0 Å². The van der Waals surface area contributed by atoms with Crippen LogP contribution in [0.25, 0.3) is 0 Å². The van der Waals surface area contributed by atoms with E-state index in [0.717, 1.165) is 23.9 Å². The van der Waals surface area contributed by atoms with Gasteiger partial charge < -0.3 is 5.32 Å². The van der Waals surface area contributed by atoms with Crippen molar-refractivity contribution in [1.82, 2.24) is 5.32 Å². The molecule has 1 aromatic heterocycles. The lowest BCUT2D eigenvalue weighted by Gasteiger charge is -2.19. The Bertz CT molecular complexity index is 565. The Hall–Kier alpha value is -0.160. The maximum atomic E-state index is 3.59. The molecule has 0 saturated carbocycles. The van der Waals surface area contributed by atoms with Gasteiger partial charge in [-0.25, -0.2) is 0 Å². The predicted molar refractivity (Wildman–Crippen MR) is 100 cm³/mol. The molecule has 1 aromatic carbocycles. The van der Waals surface area contributed by atoms with Crippen LogP contribution in [0.15, 0.2) is 44.7 Å². The highest BCUT2D eigenvalue weighted by Gasteiger charge is 2.13. The zero-order valence-corrected chi connectivity index (χ0v) is 16.4. The molecule has 1 nitrogen and oxygen atoms in total. The predicted octanol–water partition coefficient (Wildman–Crippen LogP) is 5.67. The average Bonchev–Trinajstić information content (AvgIpc) is 2.81. The first-order chi connectivity index (χ1) is 10.0. The number of hydrogen-bond donors (Lipinski definition) is 1. The zero-order chi connectivity index (χ0) is 15.2. The van der Waals surface area contributed by atoms with Crippen molar-refractivity contribution >= 4 is 43.2 Å². The summed E-state index contributed by atoms with van der Waals surface area (Å²) >= 11 is 8.97. The highest BCUT2D eigenvalue weighted by atomic mass is 79.9. The molecule has 1 atom stereocenters. The van der Waals surface area contributed by atoms with Gasteiger partial charge in [-0.05, 0) is 71.1 Å². The molecule has 0 aliphatic heterocycles. The van der Waals surface area contributed by atoms with Crippen LogP contribution in [0.4, 0.5) is 0 Å². The maximum Gasteiger partial charge on any atom is 0.0701 e. The summed E-state index contributed by atoms with van der Waals surface area (Å²) in [6, 6.07) is 13.6. The van der Waals surface area contributed by atoms with E-state index in [2.05, 4.69) is 87.4 Å². The summed E-state index contributed by atoms with van der Waals surface area (Å²) in [5.41, 5.74) is 1.40. The number of halogens is 2. The van der Waals surface area contributed by atoms with E-state index in [-0.39, 0.29) is 0 Å². The van der Waals surface area contributed by atoms with E-state index in [4.69, 9.17) is 0 Å². The summed E-state index contributed by atoms with van der Waals surface area (Å²) in [5, 5.41) is 3.59. The van der Waals surface area contributed by atoms with E-state index < -0.39 is 0 Å². The minimum atomic E-state index is 0.532. The SMILES string of the molecule is CC(C)NCC(Cc1cccc(Br)c1)Cc1ccc(Br)s1. The second-order valence-corrected chi connectivity index (χ2v) is 9.14. The molecule has 2 rings (SSSR count). The van der Waals surface area contributed by atoms with Crippen molar-refractivity contribution in [3.8, 4) is 0 Å². The lowest BCUT2D eigenvalue weighted by molar-refractivity contribution is 0.446. The van der Waals surface area contributed by atoms with E-state index >= 15 is 0 Å². The minimum Gasteiger partial charge on any atom is -0.314 e. The van der Waals surface area contributed by atoms with Gasteiger partial charge in [-0.1, -0.05) is 41.9 Å². The van der Waals surface area contributed by atoms with Gasteiger partial charge in [-0.2, -0.15) is 0 Å². The van der Waals surface area contributed by atoms with Crippen molar-refractivity contribution in [2.45, 2.75) is 32.7 Å². The highest BCUT2D eigenvalue weighted by molar-refractivity contribution is 9.11. The third-order valence-corrected chi connectivity index (χ3v) is 5.49. The van der Waals surface area contributed by atoms with Gasteiger partial charge in [0.1, 0.15) is 0 Å². The molecular formula is C17H21Br2NS. The lowest BCUT2D eigenvalue weighted by atomic mass is 9.95. The molecule has 4 heteroatoms. The number of benzene rings is 1. The fourth-order valence-electron chi connectivity index (χ4n) is 2.36. The molecule has 0 fully saturated rings. The fraction of sp³-hybridized carbons (Fsp3) is 0.412. The summed E-state index contributed by atoms with van der Waals surface area (Å²) < 4.78 is 2.38. The highest BCUT2D eigenvalue weighted by Crippen LogP contribution is 2.26. The molecule has 0 saturated heterocycles. The Balaban J connectivity index is 2.04. The van der Waals surface area contributed by atoms with Crippen molar-refractivity contribution in [2.75, 3.05) is 6.54 Å². The Morgan fingerprint density at radius 3 is 2.52 bits per heavy atom. The first-order valence-corrected chi connectivity index (χ1v) is 9.65. The number of thiophene rings is 1. The van der Waals surface area contributed by atoms with Crippen molar-refractivity contribution in [3.05, 3.63) is 55.1 Å². The van der Waals surface area contributed by atoms with Gasteiger partial charge in [0, 0.05) is 15.4 Å². The molecule has 114 valence electrons. The molecular weight excluding hydrogens is 410 g/mol. The Morgan fingerprint density at radius 2 is 1.90 bits per heavy atom. The van der Waals surface area contributed by atoms with Crippen LogP contribution in [0.1, 0.15) is 24.3 Å². The van der Waals surface area contributed by atoms with Crippen LogP contribution in [0.2, 0.25) is 0 Å². The van der Waals surface area contributed by atoms with E-state index in [1.54, 1.807) is 0 Å². The molecule has 2 aromatic rings. The van der Waals surface area contributed by atoms with E-state index in [1.165, 1.54) is 14.2 Å². The van der Waals surface area contributed by atoms with Crippen LogP contribution < -0.4 is 5.32 Å². The van der Waals surface area contributed by atoms with Crippen LogP contribution >= 0.6 is 43.2 Å². The maximum absolute atomic E-state index is 3.59. The Kier molecular flexibility index (Phi) is 6.93. The van der Waals surface area contributed by atoms with Crippen LogP contribution in [0.5, 0.6) is 0 Å². The first-order valence-electron chi connectivity index (χ1n) is 7.25. The summed E-state index contributed by atoms with van der Waals surface area (Å²) in [6.45, 7) is 5.47. The Morgan fingerprint density at radius 1 is 1.10 bits per heavy atom. The summed E-state index contributed by atoms with van der Waals surface area (Å²) in [4.78, 5) is 1.45. The molecule has 0 aliphatic carbocycles. The average molecular weight is 431 g/mol. The number of rotatable bonds is 7. The van der Waals surface area contributed by atoms with Gasteiger partial charge in [0.05, 0.1) is 3.79 Å². The summed E-state index contributed by atoms with van der Waals surface area (Å²) in [7, 11) is 0. The molecule has 21 heavy (non-hydrogen) atoms. The van der Waals surface area contributed by atoms with Crippen LogP contribution in [-0.4, -0.2) is 12.6 Å². The van der Waals surface area contributed by atoms with Gasteiger partial charge in [0.2, 0.25) is 0 Å². The Labute approximate surface area is 148 Å². The normalized spacial score (nSPS) is 12.8. The smallest absolute Gasteiger partial charge is 0.0701 e. The van der Waals surface area contributed by atoms with Gasteiger partial charge in [0.25, 0.3) is 0 Å².